The van der Waals surface area contributed by atoms with Gasteiger partial charge in [0.1, 0.15) is 6.04 Å². The first-order chi connectivity index (χ1) is 29.9. The molecule has 0 radical (unpaired) electrons. The van der Waals surface area contributed by atoms with Crippen LogP contribution in [0.3, 0.4) is 0 Å². The molecule has 6 aliphatic heterocycles. The van der Waals surface area contributed by atoms with E-state index in [1.807, 2.05) is 51.1 Å². The van der Waals surface area contributed by atoms with E-state index in [0.717, 1.165) is 56.9 Å². The first-order valence-corrected chi connectivity index (χ1v) is 21.4. The number of hydrogen-bond donors (Lipinski definition) is 1. The number of hydrogen-bond acceptors (Lipinski definition) is 9. The number of nitrogens with zero attached hydrogens (tertiary/aromatic N) is 7. The highest BCUT2D eigenvalue weighted by molar-refractivity contribution is 6.23. The Labute approximate surface area is 356 Å². The lowest BCUT2D eigenvalue weighted by molar-refractivity contribution is -0.136. The van der Waals surface area contributed by atoms with E-state index in [1.54, 1.807) is 25.1 Å². The molecule has 3 aromatic carbocycles. The lowest BCUT2D eigenvalue weighted by atomic mass is 9.91. The molecule has 0 spiro atoms. The van der Waals surface area contributed by atoms with Crippen molar-refractivity contribution >= 4 is 46.9 Å². The number of aromatic nitrogens is 2. The standard InChI is InChI=1S/C46H46F2N8O6/c1-26(57)53-17-13-37-36(24-53)43(54-14-5-8-28-18-32(27-6-3-2-4-7-27)33(42(47)48)21-39(28)54)50-56(37)31-11-15-52(16-12-31)41(59)25-51-22-29-19-34-35(20-30(29)23-51)46(62)55(45(34)61)38-9-10-40(58)49-44(38)60/h2-4,6-7,18-21,31,38,42H,5,8-17,22-25H2,1H3,(H,49,58,60). The third-order valence-corrected chi connectivity index (χ3v) is 13.5. The van der Waals surface area contributed by atoms with Gasteiger partial charge in [-0.15, -0.1) is 0 Å². The molecular weight excluding hydrogens is 799 g/mol. The highest BCUT2D eigenvalue weighted by Gasteiger charge is 2.46. The Morgan fingerprint density at radius 2 is 1.48 bits per heavy atom. The maximum absolute atomic E-state index is 14.7. The SMILES string of the molecule is CC(=O)N1CCc2c(c(N3CCCc4cc(-c5ccccc5)c(C(F)F)cc43)nn2C2CCN(C(=O)CN3Cc4cc5c(cc4C3)C(=O)N(C3CCC(=O)NC3=O)C5=O)CC2)C1. The lowest BCUT2D eigenvalue weighted by Gasteiger charge is -2.34. The molecule has 6 aliphatic rings. The molecule has 14 nitrogen and oxygen atoms in total. The second-order valence-electron chi connectivity index (χ2n) is 17.2. The van der Waals surface area contributed by atoms with Gasteiger partial charge >= 0.3 is 0 Å². The van der Waals surface area contributed by atoms with Gasteiger partial charge in [0.15, 0.2) is 5.82 Å². The number of rotatable bonds is 7. The number of piperidine rings is 2. The van der Waals surface area contributed by atoms with Gasteiger partial charge in [-0.2, -0.15) is 5.10 Å². The molecule has 1 N–H and O–H groups in total. The lowest BCUT2D eigenvalue weighted by Crippen LogP contribution is -2.54. The first kappa shape index (κ1) is 39.8. The van der Waals surface area contributed by atoms with Crippen molar-refractivity contribution in [1.82, 2.24) is 34.7 Å². The Kier molecular flexibility index (Phi) is 9.99. The van der Waals surface area contributed by atoms with Crippen molar-refractivity contribution < 1.29 is 37.5 Å². The summed E-state index contributed by atoms with van der Waals surface area (Å²) in [5.74, 6) is -1.54. The number of imide groups is 2. The van der Waals surface area contributed by atoms with E-state index >= 15 is 0 Å². The molecule has 320 valence electrons. The predicted molar refractivity (Wildman–Crippen MR) is 221 cm³/mol. The number of anilines is 2. The molecule has 10 rings (SSSR count). The fraction of sp³-hybridized carbons (Fsp3) is 0.413. The number of likely N-dealkylation sites (tertiary alicyclic amines) is 1. The fourth-order valence-electron chi connectivity index (χ4n) is 10.3. The van der Waals surface area contributed by atoms with Gasteiger partial charge in [0, 0.05) is 81.5 Å². The number of alkyl halides is 2. The van der Waals surface area contributed by atoms with Crippen LogP contribution < -0.4 is 10.2 Å². The van der Waals surface area contributed by atoms with Gasteiger partial charge in [0.2, 0.25) is 23.6 Å². The summed E-state index contributed by atoms with van der Waals surface area (Å²) in [6.07, 6.45) is 0.980. The molecule has 1 aromatic heterocycles. The summed E-state index contributed by atoms with van der Waals surface area (Å²) in [4.78, 5) is 86.1. The van der Waals surface area contributed by atoms with E-state index in [4.69, 9.17) is 5.10 Å². The normalized spacial score (nSPS) is 20.4. The highest BCUT2D eigenvalue weighted by Crippen LogP contribution is 2.44. The van der Waals surface area contributed by atoms with Gasteiger partial charge < -0.3 is 14.7 Å². The zero-order chi connectivity index (χ0) is 43.0. The van der Waals surface area contributed by atoms with Crippen molar-refractivity contribution in [3.63, 3.8) is 0 Å². The number of nitrogens with one attached hydrogen (secondary N) is 1. The number of carbonyl (C=O) groups excluding carboxylic acids is 6. The largest absolute Gasteiger partial charge is 0.341 e. The van der Waals surface area contributed by atoms with Crippen LogP contribution in [0.15, 0.2) is 54.6 Å². The van der Waals surface area contributed by atoms with E-state index < -0.39 is 36.1 Å². The average Bonchev–Trinajstić information content (AvgIpc) is 3.92. The van der Waals surface area contributed by atoms with Crippen LogP contribution in [0.4, 0.5) is 20.3 Å². The molecular formula is C46H46F2N8O6. The second-order valence-corrected chi connectivity index (χ2v) is 17.2. The van der Waals surface area contributed by atoms with Gasteiger partial charge in [-0.25, -0.2) is 8.78 Å². The Morgan fingerprint density at radius 3 is 2.15 bits per heavy atom. The summed E-state index contributed by atoms with van der Waals surface area (Å²) >= 11 is 0. The van der Waals surface area contributed by atoms with Crippen molar-refractivity contribution in [3.05, 3.63) is 99.2 Å². The number of halogens is 2. The van der Waals surface area contributed by atoms with Crippen molar-refractivity contribution in [2.75, 3.05) is 37.6 Å². The molecule has 4 aromatic rings. The summed E-state index contributed by atoms with van der Waals surface area (Å²) in [5.41, 5.74) is 7.10. The molecule has 0 aliphatic carbocycles. The minimum absolute atomic E-state index is 0.00000951. The van der Waals surface area contributed by atoms with Crippen LogP contribution in [0, 0.1) is 0 Å². The van der Waals surface area contributed by atoms with E-state index in [2.05, 4.69) is 14.9 Å². The third-order valence-electron chi connectivity index (χ3n) is 13.5. The van der Waals surface area contributed by atoms with Crippen LogP contribution in [0.2, 0.25) is 0 Å². The summed E-state index contributed by atoms with van der Waals surface area (Å²) in [5, 5.41) is 7.48. The smallest absolute Gasteiger partial charge is 0.264 e. The average molecular weight is 845 g/mol. The van der Waals surface area contributed by atoms with Crippen LogP contribution in [0.5, 0.6) is 0 Å². The van der Waals surface area contributed by atoms with E-state index in [1.165, 1.54) is 0 Å². The van der Waals surface area contributed by atoms with Gasteiger partial charge in [-0.05, 0) is 84.2 Å². The summed E-state index contributed by atoms with van der Waals surface area (Å²) in [7, 11) is 0. The topological polar surface area (TPSA) is 148 Å². The molecule has 7 heterocycles. The maximum atomic E-state index is 14.7. The molecule has 62 heavy (non-hydrogen) atoms. The fourth-order valence-corrected chi connectivity index (χ4v) is 10.3. The van der Waals surface area contributed by atoms with Gasteiger partial charge in [0.25, 0.3) is 18.2 Å². The summed E-state index contributed by atoms with van der Waals surface area (Å²) in [6, 6.07) is 15.2. The number of benzene rings is 3. The Hall–Kier alpha value is -6.29. The summed E-state index contributed by atoms with van der Waals surface area (Å²) < 4.78 is 31.6. The monoisotopic (exact) mass is 844 g/mol. The third kappa shape index (κ3) is 6.84. The van der Waals surface area contributed by atoms with E-state index in [0.29, 0.717) is 76.5 Å². The minimum atomic E-state index is -2.68. The quantitative estimate of drug-likeness (QED) is 0.252. The molecule has 6 amide bonds. The number of fused-ring (bicyclic) bond motifs is 4. The minimum Gasteiger partial charge on any atom is -0.341 e. The number of carbonyl (C=O) groups is 6. The van der Waals surface area contributed by atoms with E-state index in [-0.39, 0.29) is 53.9 Å². The van der Waals surface area contributed by atoms with Gasteiger partial charge in [0.05, 0.1) is 30.3 Å². The van der Waals surface area contributed by atoms with Gasteiger partial charge in [-0.1, -0.05) is 30.3 Å². The summed E-state index contributed by atoms with van der Waals surface area (Å²) in [6.45, 7) is 5.16. The van der Waals surface area contributed by atoms with Crippen LogP contribution in [-0.2, 0) is 51.7 Å². The van der Waals surface area contributed by atoms with Crippen molar-refractivity contribution in [2.24, 2.45) is 0 Å². The number of aryl methyl sites for hydroxylation is 1. The molecule has 2 fully saturated rings. The Bertz CT molecular complexity index is 2520. The van der Waals surface area contributed by atoms with Crippen LogP contribution in [0.25, 0.3) is 11.1 Å². The molecule has 1 atom stereocenters. The first-order valence-electron chi connectivity index (χ1n) is 21.4. The molecule has 0 saturated carbocycles. The predicted octanol–water partition coefficient (Wildman–Crippen LogP) is 5.06. The zero-order valence-electron chi connectivity index (χ0n) is 34.4. The van der Waals surface area contributed by atoms with Gasteiger partial charge in [-0.3, -0.25) is 48.6 Å². The zero-order valence-corrected chi connectivity index (χ0v) is 34.4. The van der Waals surface area contributed by atoms with Crippen LogP contribution in [-0.4, -0.2) is 104 Å². The Balaban J connectivity index is 0.838. The van der Waals surface area contributed by atoms with Crippen molar-refractivity contribution in [2.45, 2.75) is 90.0 Å². The van der Waals surface area contributed by atoms with Crippen molar-refractivity contribution in [3.8, 4) is 11.1 Å². The highest BCUT2D eigenvalue weighted by atomic mass is 19.3. The Morgan fingerprint density at radius 1 is 0.790 bits per heavy atom. The number of amides is 6. The van der Waals surface area contributed by atoms with E-state index in [9.17, 15) is 37.5 Å². The van der Waals surface area contributed by atoms with Crippen LogP contribution in [0.1, 0.15) is 106 Å². The van der Waals surface area contributed by atoms with Crippen LogP contribution >= 0.6 is 0 Å². The molecule has 16 heteroatoms. The molecule has 2 saturated heterocycles. The maximum Gasteiger partial charge on any atom is 0.264 e. The van der Waals surface area contributed by atoms with Crippen molar-refractivity contribution in [1.29, 1.82) is 0 Å². The molecule has 0 bridgehead atoms. The second kappa shape index (κ2) is 15.6. The molecule has 1 unspecified atom stereocenters.